The first kappa shape index (κ1) is 19.8. The van der Waals surface area contributed by atoms with E-state index in [4.69, 9.17) is 0 Å². The fraction of sp³-hybridized carbons (Fsp3) is 0.316. The number of carbonyl (C=O) groups is 1. The Hall–Kier alpha value is -1.57. The topological polar surface area (TPSA) is 26.3 Å². The fourth-order valence-corrected chi connectivity index (χ4v) is 4.53. The fourth-order valence-electron chi connectivity index (χ4n) is 2.06. The molecule has 0 heterocycles. The van der Waals surface area contributed by atoms with Gasteiger partial charge >= 0.3 is 33.4 Å². The number of carbonyl (C=O) groups excluding carboxylic acids is 1. The molecular weight excluding hydrogens is 444 g/mol. The third-order valence-corrected chi connectivity index (χ3v) is 6.25. The van der Waals surface area contributed by atoms with Crippen LogP contribution in [0.1, 0.15) is 36.7 Å². The van der Waals surface area contributed by atoms with Crippen LogP contribution in [0.3, 0.4) is 0 Å². The molecule has 25 heavy (non-hydrogen) atoms. The van der Waals surface area contributed by atoms with Crippen molar-refractivity contribution in [1.29, 1.82) is 0 Å². The van der Waals surface area contributed by atoms with E-state index in [1.807, 2.05) is 12.1 Å². The maximum Gasteiger partial charge on any atom is 0.422 e. The lowest BCUT2D eigenvalue weighted by Crippen LogP contribution is -3.61. The van der Waals surface area contributed by atoms with Crippen molar-refractivity contribution < 1.29 is 43.9 Å². The average molecular weight is 463 g/mol. The van der Waals surface area contributed by atoms with Crippen LogP contribution in [0.2, 0.25) is 0 Å². The van der Waals surface area contributed by atoms with Gasteiger partial charge in [-0.2, -0.15) is 13.2 Å². The molecule has 134 valence electrons. The van der Waals surface area contributed by atoms with Crippen LogP contribution >= 0.6 is 0 Å². The van der Waals surface area contributed by atoms with Crippen LogP contribution in [-0.4, -0.2) is 18.8 Å². The molecule has 2 rings (SSSR count). The van der Waals surface area contributed by atoms with E-state index in [1.54, 1.807) is 18.2 Å². The predicted octanol–water partition coefficient (Wildman–Crippen LogP) is 1.83. The Labute approximate surface area is 155 Å². The molecule has 0 amide bonds. The largest absolute Gasteiger partial charge is 0.452 e. The van der Waals surface area contributed by atoms with E-state index >= 15 is 0 Å². The lowest BCUT2D eigenvalue weighted by atomic mass is 9.87. The van der Waals surface area contributed by atoms with Gasteiger partial charge in [-0.3, -0.25) is 0 Å². The van der Waals surface area contributed by atoms with Gasteiger partial charge in [0.05, 0.1) is 0 Å². The molecule has 0 N–H and O–H groups in total. The molecule has 2 nitrogen and oxygen atoms in total. The molecule has 0 aliphatic heterocycles. The van der Waals surface area contributed by atoms with Gasteiger partial charge < -0.3 is 4.74 Å². The van der Waals surface area contributed by atoms with E-state index in [1.165, 1.54) is 11.6 Å². The second kappa shape index (κ2) is 7.76. The summed E-state index contributed by atoms with van der Waals surface area (Å²) in [7, 11) is 0. The van der Waals surface area contributed by atoms with Crippen molar-refractivity contribution in [3.63, 3.8) is 0 Å². The smallest absolute Gasteiger partial charge is 0.422 e. The zero-order chi connectivity index (χ0) is 18.7. The minimum absolute atomic E-state index is 0.0517. The molecule has 0 fully saturated rings. The molecule has 0 saturated heterocycles. The highest BCUT2D eigenvalue weighted by molar-refractivity contribution is 5.89. The monoisotopic (exact) mass is 463 g/mol. The van der Waals surface area contributed by atoms with E-state index in [9.17, 15) is 18.0 Å². The van der Waals surface area contributed by atoms with Gasteiger partial charge in [0.2, 0.25) is 3.57 Å². The van der Waals surface area contributed by atoms with Crippen LogP contribution < -0.4 is 21.2 Å². The second-order valence-electron chi connectivity index (χ2n) is 6.52. The summed E-state index contributed by atoms with van der Waals surface area (Å²) in [5.41, 5.74) is 1.47. The molecule has 0 spiro atoms. The van der Waals surface area contributed by atoms with Gasteiger partial charge in [-0.15, -0.1) is 0 Å². The quantitative estimate of drug-likeness (QED) is 0.511. The summed E-state index contributed by atoms with van der Waals surface area (Å²) in [6.45, 7) is 4.81. The number of ether oxygens (including phenoxy) is 1. The van der Waals surface area contributed by atoms with E-state index in [-0.39, 0.29) is 11.0 Å². The highest BCUT2D eigenvalue weighted by atomic mass is 127. The number of rotatable bonds is 4. The molecular formula is C19H19F3IO2+. The SMILES string of the molecule is CC(C)(C)c1ccc([I+]c2ccccc2C(=O)OCC(F)(F)F)cc1. The molecule has 6 heteroatoms. The van der Waals surface area contributed by atoms with Crippen LogP contribution in [0.25, 0.3) is 0 Å². The van der Waals surface area contributed by atoms with E-state index in [0.717, 1.165) is 7.14 Å². The summed E-state index contributed by atoms with van der Waals surface area (Å²) < 4.78 is 43.0. The second-order valence-corrected chi connectivity index (χ2v) is 9.47. The Bertz CT molecular complexity index is 732. The summed E-state index contributed by atoms with van der Waals surface area (Å²) in [6, 6.07) is 14.8. The molecule has 2 aromatic carbocycles. The third-order valence-electron chi connectivity index (χ3n) is 3.38. The summed E-state index contributed by atoms with van der Waals surface area (Å²) in [6.07, 6.45) is -4.53. The van der Waals surface area contributed by atoms with Crippen LogP contribution in [0.4, 0.5) is 13.2 Å². The first-order valence-corrected chi connectivity index (χ1v) is 9.80. The highest BCUT2D eigenvalue weighted by Gasteiger charge is 2.32. The molecule has 0 atom stereocenters. The molecule has 0 aliphatic rings. The van der Waals surface area contributed by atoms with E-state index in [2.05, 4.69) is 37.6 Å². The molecule has 0 aromatic heterocycles. The number of benzene rings is 2. The highest BCUT2D eigenvalue weighted by Crippen LogP contribution is 2.21. The van der Waals surface area contributed by atoms with Gasteiger partial charge in [-0.1, -0.05) is 45.0 Å². The molecule has 2 aromatic rings. The van der Waals surface area contributed by atoms with Crippen molar-refractivity contribution in [3.8, 4) is 0 Å². The van der Waals surface area contributed by atoms with Crippen LogP contribution in [0.5, 0.6) is 0 Å². The summed E-state index contributed by atoms with van der Waals surface area (Å²) >= 11 is -0.698. The predicted molar refractivity (Wildman–Crippen MR) is 85.3 cm³/mol. The van der Waals surface area contributed by atoms with Crippen molar-refractivity contribution in [2.75, 3.05) is 6.61 Å². The van der Waals surface area contributed by atoms with E-state index < -0.39 is 40.0 Å². The molecule has 0 saturated carbocycles. The third kappa shape index (κ3) is 6.02. The van der Waals surface area contributed by atoms with Gasteiger partial charge in [-0.25, -0.2) is 4.79 Å². The van der Waals surface area contributed by atoms with Crippen molar-refractivity contribution in [3.05, 3.63) is 66.8 Å². The van der Waals surface area contributed by atoms with E-state index in [0.29, 0.717) is 0 Å². The van der Waals surface area contributed by atoms with Crippen LogP contribution in [-0.2, 0) is 10.2 Å². The maximum absolute atomic E-state index is 12.2. The maximum atomic E-state index is 12.2. The normalized spacial score (nSPS) is 12.1. The summed E-state index contributed by atoms with van der Waals surface area (Å²) in [5, 5.41) is 0. The van der Waals surface area contributed by atoms with Gasteiger partial charge in [0.15, 0.2) is 10.2 Å². The van der Waals surface area contributed by atoms with Crippen molar-refractivity contribution in [1.82, 2.24) is 0 Å². The average Bonchev–Trinajstić information content (AvgIpc) is 2.52. The summed E-state index contributed by atoms with van der Waals surface area (Å²) in [5.74, 6) is -0.932. The van der Waals surface area contributed by atoms with Gasteiger partial charge in [0.25, 0.3) is 0 Å². The van der Waals surface area contributed by atoms with Crippen molar-refractivity contribution in [2.45, 2.75) is 32.4 Å². The number of alkyl halides is 3. The van der Waals surface area contributed by atoms with Crippen molar-refractivity contribution in [2.24, 2.45) is 0 Å². The molecule has 0 bridgehead atoms. The lowest BCUT2D eigenvalue weighted by Gasteiger charge is -2.18. The Morgan fingerprint density at radius 3 is 2.16 bits per heavy atom. The van der Waals surface area contributed by atoms with Gasteiger partial charge in [0, 0.05) is 0 Å². The Kier molecular flexibility index (Phi) is 6.13. The summed E-state index contributed by atoms with van der Waals surface area (Å²) in [4.78, 5) is 12.0. The zero-order valence-electron chi connectivity index (χ0n) is 14.2. The Morgan fingerprint density at radius 1 is 1.00 bits per heavy atom. The number of halogens is 4. The first-order valence-electron chi connectivity index (χ1n) is 7.64. The van der Waals surface area contributed by atoms with Gasteiger partial charge in [-0.05, 0) is 35.2 Å². The lowest BCUT2D eigenvalue weighted by molar-refractivity contribution is -0.597. The van der Waals surface area contributed by atoms with Gasteiger partial charge in [0.1, 0.15) is 5.56 Å². The number of hydrogen-bond acceptors (Lipinski definition) is 2. The van der Waals surface area contributed by atoms with Crippen LogP contribution in [0.15, 0.2) is 48.5 Å². The minimum atomic E-state index is -4.53. The molecule has 0 aliphatic carbocycles. The number of esters is 1. The molecule has 0 radical (unpaired) electrons. The van der Waals surface area contributed by atoms with Crippen LogP contribution in [0, 0.1) is 7.14 Å². The molecule has 0 unspecified atom stereocenters. The minimum Gasteiger partial charge on any atom is -0.452 e. The Balaban J connectivity index is 2.16. The van der Waals surface area contributed by atoms with Crippen molar-refractivity contribution >= 4 is 5.97 Å². The number of hydrogen-bond donors (Lipinski definition) is 0. The zero-order valence-corrected chi connectivity index (χ0v) is 16.3. The Morgan fingerprint density at radius 2 is 1.60 bits per heavy atom. The first-order chi connectivity index (χ1) is 11.6. The standard InChI is InChI=1S/C19H19F3IO2/c1-18(2,3)13-8-10-14(11-9-13)23-16-7-5-4-6-15(16)17(24)25-12-19(20,21)22/h4-11H,12H2,1-3H3/q+1.